The Labute approximate surface area is 141 Å². The summed E-state index contributed by atoms with van der Waals surface area (Å²) < 4.78 is 10.5. The Morgan fingerprint density at radius 1 is 1.38 bits per heavy atom. The van der Waals surface area contributed by atoms with Crippen LogP contribution in [0.15, 0.2) is 63.4 Å². The van der Waals surface area contributed by atoms with Crippen molar-refractivity contribution < 1.29 is 19.1 Å². The Morgan fingerprint density at radius 3 is 2.83 bits per heavy atom. The van der Waals surface area contributed by atoms with Gasteiger partial charge in [-0.1, -0.05) is 11.8 Å². The number of furan rings is 1. The molecule has 0 bridgehead atoms. The number of hydrogen-bond donors (Lipinski definition) is 2. The van der Waals surface area contributed by atoms with E-state index in [0.717, 1.165) is 16.7 Å². The summed E-state index contributed by atoms with van der Waals surface area (Å²) in [5.74, 6) is 0.140. The molecule has 7 nitrogen and oxygen atoms in total. The summed E-state index contributed by atoms with van der Waals surface area (Å²) >= 11 is 1.39. The summed E-state index contributed by atoms with van der Waals surface area (Å²) in [4.78, 5) is 16.5. The first-order valence-electron chi connectivity index (χ1n) is 6.87. The van der Waals surface area contributed by atoms with Gasteiger partial charge in [-0.05, 0) is 24.3 Å². The van der Waals surface area contributed by atoms with E-state index in [9.17, 15) is 9.90 Å². The first-order chi connectivity index (χ1) is 11.7. The third-order valence-corrected chi connectivity index (χ3v) is 3.99. The number of nitrogens with one attached hydrogen (secondary N) is 1. The van der Waals surface area contributed by atoms with Gasteiger partial charge in [0.05, 0.1) is 12.7 Å². The minimum Gasteiger partial charge on any atom is -0.507 e. The van der Waals surface area contributed by atoms with Crippen LogP contribution in [0.25, 0.3) is 5.76 Å². The molecule has 0 radical (unpaired) electrons. The third kappa shape index (κ3) is 3.66. The van der Waals surface area contributed by atoms with Crippen molar-refractivity contribution in [2.24, 2.45) is 0 Å². The summed E-state index contributed by atoms with van der Waals surface area (Å²) in [5.41, 5.74) is 0.402. The van der Waals surface area contributed by atoms with E-state index >= 15 is 0 Å². The summed E-state index contributed by atoms with van der Waals surface area (Å²) in [7, 11) is 1.61. The summed E-state index contributed by atoms with van der Waals surface area (Å²) in [6.45, 7) is 0. The number of aliphatic hydroxyl groups is 1. The highest BCUT2D eigenvalue weighted by atomic mass is 32.2. The highest BCUT2D eigenvalue weighted by Crippen LogP contribution is 2.31. The summed E-state index contributed by atoms with van der Waals surface area (Å²) in [6, 6.07) is 9.14. The zero-order chi connectivity index (χ0) is 16.9. The van der Waals surface area contributed by atoms with Gasteiger partial charge in [0.15, 0.2) is 10.9 Å². The Morgan fingerprint density at radius 2 is 2.17 bits per heavy atom. The van der Waals surface area contributed by atoms with Crippen LogP contribution in [0.5, 0.6) is 5.75 Å². The lowest BCUT2D eigenvalue weighted by atomic mass is 10.2. The second kappa shape index (κ2) is 7.05. The molecule has 0 aliphatic heterocycles. The van der Waals surface area contributed by atoms with Crippen LogP contribution in [-0.2, 0) is 0 Å². The first kappa shape index (κ1) is 15.9. The fourth-order valence-electron chi connectivity index (χ4n) is 1.86. The average Bonchev–Trinajstić information content (AvgIpc) is 3.27. The molecule has 0 saturated carbocycles. The molecule has 2 N–H and O–H groups in total. The molecular weight excluding hydrogens is 330 g/mol. The maximum Gasteiger partial charge on any atom is 0.226 e. The third-order valence-electron chi connectivity index (χ3n) is 3.07. The summed E-state index contributed by atoms with van der Waals surface area (Å²) in [5, 5.41) is 16.6. The number of nitrogens with zero attached hydrogens (tertiary/aromatic N) is 2. The van der Waals surface area contributed by atoms with E-state index in [0.29, 0.717) is 10.7 Å². The van der Waals surface area contributed by atoms with Crippen molar-refractivity contribution in [2.75, 3.05) is 7.11 Å². The molecule has 0 aliphatic carbocycles. The average molecular weight is 343 g/mol. The van der Waals surface area contributed by atoms with Crippen LogP contribution in [0.3, 0.4) is 0 Å². The predicted molar refractivity (Wildman–Crippen MR) is 87.1 cm³/mol. The molecule has 8 heteroatoms. The number of H-pyrrole nitrogens is 1. The Hall–Kier alpha value is -3.00. The second-order valence-electron chi connectivity index (χ2n) is 4.66. The van der Waals surface area contributed by atoms with Crippen LogP contribution in [-0.4, -0.2) is 33.2 Å². The lowest BCUT2D eigenvalue weighted by molar-refractivity contribution is 0.103. The molecule has 2 heterocycles. The number of carbonyl (C=O) groups excluding carboxylic acids is 1. The Bertz CT molecular complexity index is 854. The number of aromatic nitrogens is 3. The van der Waals surface area contributed by atoms with Gasteiger partial charge in [0.1, 0.15) is 24.1 Å². The number of allylic oxidation sites excluding steroid dienone is 1. The number of rotatable bonds is 6. The number of ketones is 1. The van der Waals surface area contributed by atoms with Crippen LogP contribution < -0.4 is 4.74 Å². The highest BCUT2D eigenvalue weighted by molar-refractivity contribution is 7.99. The molecule has 0 saturated heterocycles. The van der Waals surface area contributed by atoms with E-state index in [1.807, 2.05) is 24.3 Å². The van der Waals surface area contributed by atoms with Crippen molar-refractivity contribution in [1.29, 1.82) is 0 Å². The molecule has 2 aromatic heterocycles. The number of methoxy groups -OCH3 is 1. The number of hydrogen-bond acceptors (Lipinski definition) is 7. The van der Waals surface area contributed by atoms with Crippen molar-refractivity contribution >= 4 is 23.3 Å². The molecule has 3 aromatic rings. The van der Waals surface area contributed by atoms with E-state index in [2.05, 4.69) is 15.2 Å². The van der Waals surface area contributed by atoms with Gasteiger partial charge in [0, 0.05) is 17.0 Å². The van der Waals surface area contributed by atoms with Gasteiger partial charge in [-0.15, -0.1) is 0 Å². The molecule has 0 unspecified atom stereocenters. The van der Waals surface area contributed by atoms with E-state index in [-0.39, 0.29) is 11.6 Å². The molecule has 0 fully saturated rings. The van der Waals surface area contributed by atoms with Gasteiger partial charge in [-0.3, -0.25) is 9.89 Å². The zero-order valence-corrected chi connectivity index (χ0v) is 13.4. The van der Waals surface area contributed by atoms with Crippen LogP contribution in [0, 0.1) is 0 Å². The molecule has 122 valence electrons. The van der Waals surface area contributed by atoms with E-state index < -0.39 is 5.78 Å². The minimum absolute atomic E-state index is 0.0536. The molecule has 0 atom stereocenters. The minimum atomic E-state index is -0.476. The van der Waals surface area contributed by atoms with Gasteiger partial charge in [-0.2, -0.15) is 5.10 Å². The van der Waals surface area contributed by atoms with E-state index in [4.69, 9.17) is 9.15 Å². The number of benzene rings is 1. The van der Waals surface area contributed by atoms with Crippen molar-refractivity contribution in [2.45, 2.75) is 9.99 Å². The summed E-state index contributed by atoms with van der Waals surface area (Å²) in [6.07, 6.45) is 3.66. The maximum absolute atomic E-state index is 11.8. The first-order valence-corrected chi connectivity index (χ1v) is 7.68. The number of ether oxygens (including phenoxy) is 1. The molecule has 24 heavy (non-hydrogen) atoms. The van der Waals surface area contributed by atoms with Crippen molar-refractivity contribution in [3.05, 3.63) is 60.4 Å². The number of aromatic amines is 1. The van der Waals surface area contributed by atoms with Crippen molar-refractivity contribution in [3.8, 4) is 5.75 Å². The normalized spacial score (nSPS) is 11.5. The maximum atomic E-state index is 11.8. The zero-order valence-electron chi connectivity index (χ0n) is 12.6. The molecule has 0 aliphatic rings. The van der Waals surface area contributed by atoms with Gasteiger partial charge in [-0.25, -0.2) is 4.98 Å². The quantitative estimate of drug-likeness (QED) is 0.402. The van der Waals surface area contributed by atoms with Gasteiger partial charge >= 0.3 is 0 Å². The SMILES string of the molecule is COc1ccc(Sc2cc(C(O)=CC(=O)c3ncn[nH]3)co2)cc1. The lowest BCUT2D eigenvalue weighted by Gasteiger charge is -2.00. The largest absolute Gasteiger partial charge is 0.507 e. The highest BCUT2D eigenvalue weighted by Gasteiger charge is 2.11. The fourth-order valence-corrected chi connectivity index (χ4v) is 2.65. The number of aliphatic hydroxyl groups excluding tert-OH is 1. The molecule has 3 rings (SSSR count). The van der Waals surface area contributed by atoms with E-state index in [1.54, 1.807) is 13.2 Å². The Balaban J connectivity index is 1.71. The van der Waals surface area contributed by atoms with Crippen LogP contribution in [0.2, 0.25) is 0 Å². The van der Waals surface area contributed by atoms with Crippen molar-refractivity contribution in [1.82, 2.24) is 15.2 Å². The van der Waals surface area contributed by atoms with E-state index in [1.165, 1.54) is 24.4 Å². The van der Waals surface area contributed by atoms with Gasteiger partial charge in [0.25, 0.3) is 0 Å². The number of carbonyl (C=O) groups is 1. The lowest BCUT2D eigenvalue weighted by Crippen LogP contribution is -1.98. The van der Waals surface area contributed by atoms with Gasteiger partial charge in [0.2, 0.25) is 5.78 Å². The second-order valence-corrected chi connectivity index (χ2v) is 5.74. The Kier molecular flexibility index (Phi) is 4.66. The standard InChI is InChI=1S/C16H13N3O4S/c1-22-11-2-4-12(5-3-11)24-15-6-10(8-23-15)13(20)7-14(21)16-17-9-18-19-16/h2-9,20H,1H3,(H,17,18,19). The smallest absolute Gasteiger partial charge is 0.226 e. The molecule has 0 amide bonds. The molecular formula is C16H13N3O4S. The van der Waals surface area contributed by atoms with Crippen molar-refractivity contribution in [3.63, 3.8) is 0 Å². The monoisotopic (exact) mass is 343 g/mol. The molecule has 1 aromatic carbocycles. The van der Waals surface area contributed by atoms with Gasteiger partial charge < -0.3 is 14.3 Å². The fraction of sp³-hybridized carbons (Fsp3) is 0.0625. The molecule has 0 spiro atoms. The van der Waals surface area contributed by atoms with Crippen LogP contribution in [0.4, 0.5) is 0 Å². The topological polar surface area (TPSA) is 101 Å². The van der Waals surface area contributed by atoms with Crippen LogP contribution in [0.1, 0.15) is 16.2 Å². The van der Waals surface area contributed by atoms with Crippen LogP contribution >= 0.6 is 11.8 Å². The predicted octanol–water partition coefficient (Wildman–Crippen LogP) is 3.34.